The maximum absolute atomic E-state index is 11.6. The van der Waals surface area contributed by atoms with E-state index in [1.54, 1.807) is 0 Å². The van der Waals surface area contributed by atoms with Crippen molar-refractivity contribution in [3.05, 3.63) is 112 Å². The van der Waals surface area contributed by atoms with E-state index in [-0.39, 0.29) is 28.2 Å². The lowest BCUT2D eigenvalue weighted by molar-refractivity contribution is -0.138. The van der Waals surface area contributed by atoms with Gasteiger partial charge in [0.05, 0.1) is 30.3 Å². The Hall–Kier alpha value is -4.12. The molecule has 0 unspecified atom stereocenters. The molecule has 0 bridgehead atoms. The van der Waals surface area contributed by atoms with Gasteiger partial charge in [-0.3, -0.25) is 0 Å². The van der Waals surface area contributed by atoms with Crippen molar-refractivity contribution in [2.45, 2.75) is 129 Å². The third-order valence-electron chi connectivity index (χ3n) is 12.0. The average molecular weight is 688 g/mol. The van der Waals surface area contributed by atoms with E-state index in [0.717, 1.165) is 64.2 Å². The van der Waals surface area contributed by atoms with Crippen LogP contribution >= 0.6 is 0 Å². The van der Waals surface area contributed by atoms with Crippen LogP contribution in [0.25, 0.3) is 0 Å². The second-order valence-electron chi connectivity index (χ2n) is 16.4. The molecule has 0 amide bonds. The van der Waals surface area contributed by atoms with Crippen molar-refractivity contribution in [3.63, 3.8) is 0 Å². The van der Waals surface area contributed by atoms with E-state index >= 15 is 0 Å². The molecule has 6 rings (SSSR count). The Morgan fingerprint density at radius 1 is 0.549 bits per heavy atom. The lowest BCUT2D eigenvalue weighted by Gasteiger charge is -2.56. The summed E-state index contributed by atoms with van der Waals surface area (Å²) in [5.74, 6) is -0.697. The summed E-state index contributed by atoms with van der Waals surface area (Å²) >= 11 is 0. The molecule has 3 aliphatic heterocycles. The highest BCUT2D eigenvalue weighted by Crippen LogP contribution is 2.67. The largest absolute Gasteiger partial charge is 0.463 e. The van der Waals surface area contributed by atoms with Gasteiger partial charge in [0.25, 0.3) is 0 Å². The molecule has 51 heavy (non-hydrogen) atoms. The molecule has 5 nitrogen and oxygen atoms in total. The molecule has 0 aliphatic carbocycles. The van der Waals surface area contributed by atoms with Crippen molar-refractivity contribution in [2.75, 3.05) is 18.1 Å². The van der Waals surface area contributed by atoms with Crippen LogP contribution in [0.15, 0.2) is 61.7 Å². The minimum Gasteiger partial charge on any atom is -0.463 e. The second-order valence-corrected chi connectivity index (χ2v) is 16.4. The predicted octanol–water partition coefficient (Wildman–Crippen LogP) is 11.3. The van der Waals surface area contributed by atoms with Gasteiger partial charge in [-0.1, -0.05) is 132 Å². The van der Waals surface area contributed by atoms with Crippen molar-refractivity contribution in [2.24, 2.45) is 0 Å². The van der Waals surface area contributed by atoms with E-state index in [1.807, 2.05) is 0 Å². The summed E-state index contributed by atoms with van der Waals surface area (Å²) in [5.41, 5.74) is 16.4. The summed E-state index contributed by atoms with van der Waals surface area (Å²) in [4.78, 5) is 25.9. The van der Waals surface area contributed by atoms with Crippen LogP contribution in [0.1, 0.15) is 142 Å². The number of anilines is 3. The van der Waals surface area contributed by atoms with E-state index in [1.165, 1.54) is 79.3 Å². The zero-order valence-corrected chi connectivity index (χ0v) is 32.1. The van der Waals surface area contributed by atoms with Crippen LogP contribution in [-0.2, 0) is 35.3 Å². The van der Waals surface area contributed by atoms with E-state index in [2.05, 4.69) is 103 Å². The SMILES string of the molecule is C=CC(=O)OCCCCCCC1(CCCCCCOC(=O)C=C)c2cc(C)cc3c2N2c4c(cc(C)cc4C(C)(C)c4cc(C)cc1c42)C3(C)C. The number of nitrogens with zero attached hydrogens (tertiary/aromatic N) is 1. The Kier molecular flexibility index (Phi) is 10.2. The van der Waals surface area contributed by atoms with Crippen LogP contribution in [0.3, 0.4) is 0 Å². The second kappa shape index (κ2) is 14.1. The fraction of sp³-hybridized carbons (Fsp3) is 0.478. The number of carbonyl (C=O) groups is 2. The number of hydrogen-bond donors (Lipinski definition) is 0. The smallest absolute Gasteiger partial charge is 0.330 e. The van der Waals surface area contributed by atoms with Gasteiger partial charge >= 0.3 is 11.9 Å². The van der Waals surface area contributed by atoms with Gasteiger partial charge in [-0.25, -0.2) is 9.59 Å². The number of carbonyl (C=O) groups excluding carboxylic acids is 2. The van der Waals surface area contributed by atoms with Crippen molar-refractivity contribution < 1.29 is 19.1 Å². The summed E-state index contributed by atoms with van der Waals surface area (Å²) in [6, 6.07) is 14.8. The molecule has 5 heteroatoms. The fourth-order valence-electron chi connectivity index (χ4n) is 9.36. The summed E-state index contributed by atoms with van der Waals surface area (Å²) in [5, 5.41) is 0. The highest BCUT2D eigenvalue weighted by Gasteiger charge is 2.53. The number of benzene rings is 3. The third kappa shape index (κ3) is 6.36. The first-order valence-corrected chi connectivity index (χ1v) is 19.1. The molecule has 0 saturated heterocycles. The van der Waals surface area contributed by atoms with Gasteiger partial charge in [0, 0.05) is 28.4 Å². The number of rotatable bonds is 16. The Balaban J connectivity index is 1.46. The van der Waals surface area contributed by atoms with Gasteiger partial charge in [-0.15, -0.1) is 0 Å². The Morgan fingerprint density at radius 2 is 0.863 bits per heavy atom. The molecule has 0 fully saturated rings. The first kappa shape index (κ1) is 36.7. The predicted molar refractivity (Wildman–Crippen MR) is 209 cm³/mol. The zero-order valence-electron chi connectivity index (χ0n) is 32.1. The molecule has 3 aliphatic rings. The van der Waals surface area contributed by atoms with Gasteiger partial charge < -0.3 is 14.4 Å². The molecule has 0 saturated carbocycles. The molecular formula is C46H57NO4. The standard InChI is InChI=1S/C46H57NO4/c1-10-39(48)50-22-18-14-12-16-20-46(21-17-13-15-19-23-51-40(49)11-2)37-28-31(4)26-35-42(37)47-41-33(44(35,6)7)24-30(3)25-34(41)45(8,9)36-27-32(5)29-38(46)43(36)47/h10-11,24-29H,1-2,12-23H2,3-9H3. The molecule has 3 heterocycles. The lowest BCUT2D eigenvalue weighted by atomic mass is 9.57. The van der Waals surface area contributed by atoms with Crippen LogP contribution in [-0.4, -0.2) is 25.2 Å². The minimum absolute atomic E-state index is 0.154. The molecule has 270 valence electrons. The zero-order chi connectivity index (χ0) is 36.7. The van der Waals surface area contributed by atoms with Gasteiger partial charge in [0.2, 0.25) is 0 Å². The van der Waals surface area contributed by atoms with E-state index < -0.39 is 0 Å². The number of unbranched alkanes of at least 4 members (excludes halogenated alkanes) is 6. The molecule has 0 atom stereocenters. The summed E-state index contributed by atoms with van der Waals surface area (Å²) < 4.78 is 10.6. The molecular weight excluding hydrogens is 631 g/mol. The molecule has 0 spiro atoms. The Bertz CT molecular complexity index is 1750. The quantitative estimate of drug-likeness (QED) is 0.0852. The van der Waals surface area contributed by atoms with E-state index in [4.69, 9.17) is 9.47 Å². The fourth-order valence-corrected chi connectivity index (χ4v) is 9.36. The third-order valence-corrected chi connectivity index (χ3v) is 12.0. The Morgan fingerprint density at radius 3 is 1.22 bits per heavy atom. The number of esters is 2. The van der Waals surface area contributed by atoms with Crippen molar-refractivity contribution in [1.29, 1.82) is 0 Å². The number of hydrogen-bond acceptors (Lipinski definition) is 5. The van der Waals surface area contributed by atoms with Crippen LogP contribution in [0.5, 0.6) is 0 Å². The van der Waals surface area contributed by atoms with E-state index in [9.17, 15) is 9.59 Å². The first-order valence-electron chi connectivity index (χ1n) is 19.1. The maximum Gasteiger partial charge on any atom is 0.330 e. The maximum atomic E-state index is 11.6. The van der Waals surface area contributed by atoms with Gasteiger partial charge in [0.1, 0.15) is 0 Å². The average Bonchev–Trinajstić information content (AvgIpc) is 3.09. The normalized spacial score (nSPS) is 16.3. The highest BCUT2D eigenvalue weighted by atomic mass is 16.5. The molecule has 3 aromatic carbocycles. The monoisotopic (exact) mass is 687 g/mol. The van der Waals surface area contributed by atoms with Crippen LogP contribution in [0.2, 0.25) is 0 Å². The molecule has 3 aromatic rings. The lowest BCUT2D eigenvalue weighted by Crippen LogP contribution is -2.45. The first-order chi connectivity index (χ1) is 24.3. The van der Waals surface area contributed by atoms with Crippen LogP contribution < -0.4 is 4.90 Å². The molecule has 0 N–H and O–H groups in total. The van der Waals surface area contributed by atoms with Gasteiger partial charge in [-0.05, 0) is 79.8 Å². The van der Waals surface area contributed by atoms with Crippen molar-refractivity contribution in [3.8, 4) is 0 Å². The van der Waals surface area contributed by atoms with Gasteiger partial charge in [-0.2, -0.15) is 0 Å². The summed E-state index contributed by atoms with van der Waals surface area (Å²) in [6.45, 7) is 24.5. The molecule has 0 radical (unpaired) electrons. The van der Waals surface area contributed by atoms with Crippen LogP contribution in [0, 0.1) is 20.8 Å². The summed E-state index contributed by atoms with van der Waals surface area (Å²) in [6.07, 6.45) is 12.7. The Labute approximate surface area is 306 Å². The number of ether oxygens (including phenoxy) is 2. The number of aryl methyl sites for hydroxylation is 3. The van der Waals surface area contributed by atoms with E-state index in [0.29, 0.717) is 13.2 Å². The van der Waals surface area contributed by atoms with Crippen molar-refractivity contribution >= 4 is 29.0 Å². The van der Waals surface area contributed by atoms with Crippen LogP contribution in [0.4, 0.5) is 17.1 Å². The van der Waals surface area contributed by atoms with Gasteiger partial charge in [0.15, 0.2) is 0 Å². The summed E-state index contributed by atoms with van der Waals surface area (Å²) in [7, 11) is 0. The molecule has 0 aromatic heterocycles. The highest BCUT2D eigenvalue weighted by molar-refractivity contribution is 5.98. The minimum atomic E-state index is -0.348. The van der Waals surface area contributed by atoms with Crippen molar-refractivity contribution in [1.82, 2.24) is 0 Å². The topological polar surface area (TPSA) is 55.8 Å².